The zero-order valence-electron chi connectivity index (χ0n) is 18.6. The van der Waals surface area contributed by atoms with Crippen molar-refractivity contribution in [1.29, 1.82) is 0 Å². The van der Waals surface area contributed by atoms with Crippen LogP contribution >= 0.6 is 0 Å². The quantitative estimate of drug-likeness (QED) is 0.482. The Morgan fingerprint density at radius 3 is 2.79 bits per heavy atom. The topological polar surface area (TPSA) is 76.8 Å². The number of morpholine rings is 1. The number of methoxy groups -OCH3 is 1. The van der Waals surface area contributed by atoms with Gasteiger partial charge in [-0.3, -0.25) is 4.40 Å². The molecule has 0 amide bonds. The van der Waals surface area contributed by atoms with Gasteiger partial charge >= 0.3 is 0 Å². The predicted molar refractivity (Wildman–Crippen MR) is 124 cm³/mol. The Hall–Kier alpha value is -3.72. The third-order valence-corrected chi connectivity index (χ3v) is 5.92. The first-order chi connectivity index (χ1) is 16.2. The van der Waals surface area contributed by atoms with Gasteiger partial charge in [0.25, 0.3) is 0 Å². The summed E-state index contributed by atoms with van der Waals surface area (Å²) < 4.78 is 26.9. The van der Waals surface area contributed by atoms with Crippen LogP contribution in [0.1, 0.15) is 11.1 Å². The van der Waals surface area contributed by atoms with E-state index in [1.54, 1.807) is 18.5 Å². The number of halogens is 1. The first kappa shape index (κ1) is 21.1. The third kappa shape index (κ3) is 4.07. The lowest BCUT2D eigenvalue weighted by Crippen LogP contribution is -2.36. The molecule has 170 valence electrons. The van der Waals surface area contributed by atoms with Crippen molar-refractivity contribution in [2.45, 2.75) is 13.5 Å². The fraction of sp³-hybridized carbons (Fsp3) is 0.292. The van der Waals surface area contributed by atoms with Gasteiger partial charge in [-0.25, -0.2) is 9.37 Å². The fourth-order valence-electron chi connectivity index (χ4n) is 4.14. The summed E-state index contributed by atoms with van der Waals surface area (Å²) in [6, 6.07) is 10.8. The van der Waals surface area contributed by atoms with Crippen molar-refractivity contribution in [2.24, 2.45) is 0 Å². The molecule has 4 heterocycles. The molecule has 33 heavy (non-hydrogen) atoms. The number of hydrogen-bond donors (Lipinski definition) is 1. The lowest BCUT2D eigenvalue weighted by molar-refractivity contribution is 0.122. The second-order valence-corrected chi connectivity index (χ2v) is 7.89. The minimum atomic E-state index is -0.319. The van der Waals surface area contributed by atoms with Crippen LogP contribution in [0.3, 0.4) is 0 Å². The number of ether oxygens (including phenoxy) is 2. The van der Waals surface area contributed by atoms with E-state index in [-0.39, 0.29) is 12.4 Å². The molecule has 1 fully saturated rings. The molecule has 5 rings (SSSR count). The van der Waals surface area contributed by atoms with Crippen molar-refractivity contribution in [2.75, 3.05) is 43.6 Å². The Bertz CT molecular complexity index is 1290. The zero-order chi connectivity index (χ0) is 22.8. The number of aryl methyl sites for hydroxylation is 1. The lowest BCUT2D eigenvalue weighted by Gasteiger charge is -2.28. The van der Waals surface area contributed by atoms with E-state index in [1.165, 1.54) is 13.2 Å². The van der Waals surface area contributed by atoms with Gasteiger partial charge in [0.1, 0.15) is 29.5 Å². The molecule has 1 N–H and O–H groups in total. The van der Waals surface area contributed by atoms with Gasteiger partial charge in [-0.15, -0.1) is 10.2 Å². The Balaban J connectivity index is 1.44. The van der Waals surface area contributed by atoms with Gasteiger partial charge in [0.2, 0.25) is 0 Å². The Morgan fingerprint density at radius 2 is 2.00 bits per heavy atom. The SMILES string of the molecule is COc1cccc(F)c1CNc1ccc(-c2cnc(N3CCOCC3)cc2C)c2nncn12. The fourth-order valence-corrected chi connectivity index (χ4v) is 4.14. The van der Waals surface area contributed by atoms with Crippen LogP contribution in [0.25, 0.3) is 16.8 Å². The van der Waals surface area contributed by atoms with Gasteiger partial charge in [0, 0.05) is 42.5 Å². The molecule has 0 bridgehead atoms. The van der Waals surface area contributed by atoms with Crippen LogP contribution in [0.2, 0.25) is 0 Å². The van der Waals surface area contributed by atoms with E-state index in [1.807, 2.05) is 22.7 Å². The minimum absolute atomic E-state index is 0.261. The molecule has 0 unspecified atom stereocenters. The number of fused-ring (bicyclic) bond motifs is 1. The summed E-state index contributed by atoms with van der Waals surface area (Å²) in [7, 11) is 1.53. The third-order valence-electron chi connectivity index (χ3n) is 5.92. The van der Waals surface area contributed by atoms with Crippen molar-refractivity contribution >= 4 is 17.3 Å². The number of nitrogens with zero attached hydrogens (tertiary/aromatic N) is 5. The van der Waals surface area contributed by atoms with Gasteiger partial charge in [-0.2, -0.15) is 0 Å². The molecule has 1 saturated heterocycles. The smallest absolute Gasteiger partial charge is 0.170 e. The average Bonchev–Trinajstić information content (AvgIpc) is 3.34. The lowest BCUT2D eigenvalue weighted by atomic mass is 10.0. The summed E-state index contributed by atoms with van der Waals surface area (Å²) in [5.41, 5.74) is 4.19. The van der Waals surface area contributed by atoms with Crippen molar-refractivity contribution in [3.8, 4) is 16.9 Å². The number of pyridine rings is 2. The highest BCUT2D eigenvalue weighted by molar-refractivity contribution is 5.81. The maximum Gasteiger partial charge on any atom is 0.170 e. The Morgan fingerprint density at radius 1 is 1.15 bits per heavy atom. The van der Waals surface area contributed by atoms with Crippen LogP contribution < -0.4 is 15.0 Å². The summed E-state index contributed by atoms with van der Waals surface area (Å²) in [6.45, 7) is 5.45. The molecule has 1 aromatic carbocycles. The van der Waals surface area contributed by atoms with E-state index >= 15 is 0 Å². The van der Waals surface area contributed by atoms with E-state index in [2.05, 4.69) is 33.4 Å². The second-order valence-electron chi connectivity index (χ2n) is 7.89. The molecular formula is C24H25FN6O2. The van der Waals surface area contributed by atoms with E-state index in [9.17, 15) is 4.39 Å². The Labute approximate surface area is 191 Å². The molecule has 1 aliphatic heterocycles. The van der Waals surface area contributed by atoms with Crippen LogP contribution in [-0.4, -0.2) is 53.0 Å². The molecular weight excluding hydrogens is 423 g/mol. The predicted octanol–water partition coefficient (Wildman–Crippen LogP) is 3.70. The summed E-state index contributed by atoms with van der Waals surface area (Å²) in [6.07, 6.45) is 3.53. The number of anilines is 2. The first-order valence-electron chi connectivity index (χ1n) is 10.8. The largest absolute Gasteiger partial charge is 0.496 e. The zero-order valence-corrected chi connectivity index (χ0v) is 18.6. The first-order valence-corrected chi connectivity index (χ1v) is 10.8. The molecule has 1 aliphatic rings. The van der Waals surface area contributed by atoms with E-state index in [0.29, 0.717) is 17.0 Å². The highest BCUT2D eigenvalue weighted by atomic mass is 19.1. The highest BCUT2D eigenvalue weighted by Gasteiger charge is 2.17. The van der Waals surface area contributed by atoms with Crippen molar-refractivity contribution in [3.05, 3.63) is 65.9 Å². The summed E-state index contributed by atoms with van der Waals surface area (Å²) in [5, 5.41) is 11.7. The monoisotopic (exact) mass is 448 g/mol. The maximum absolute atomic E-state index is 14.3. The normalized spacial score (nSPS) is 14.0. The molecule has 4 aromatic rings. The van der Waals surface area contributed by atoms with Crippen LogP contribution in [-0.2, 0) is 11.3 Å². The number of rotatable bonds is 6. The summed E-state index contributed by atoms with van der Waals surface area (Å²) in [4.78, 5) is 6.93. The molecule has 0 radical (unpaired) electrons. The second kappa shape index (κ2) is 9.03. The summed E-state index contributed by atoms with van der Waals surface area (Å²) >= 11 is 0. The van der Waals surface area contributed by atoms with Crippen molar-refractivity contribution < 1.29 is 13.9 Å². The molecule has 3 aromatic heterocycles. The number of aromatic nitrogens is 4. The maximum atomic E-state index is 14.3. The highest BCUT2D eigenvalue weighted by Crippen LogP contribution is 2.31. The van der Waals surface area contributed by atoms with Gasteiger partial charge in [0.15, 0.2) is 5.65 Å². The molecule has 0 spiro atoms. The van der Waals surface area contributed by atoms with Crippen LogP contribution in [0, 0.1) is 12.7 Å². The number of benzene rings is 1. The molecule has 0 aliphatic carbocycles. The number of nitrogens with one attached hydrogen (secondary N) is 1. The molecule has 0 atom stereocenters. The van der Waals surface area contributed by atoms with Gasteiger partial charge in [0.05, 0.1) is 20.3 Å². The molecule has 9 heteroatoms. The van der Waals surface area contributed by atoms with Crippen molar-refractivity contribution in [3.63, 3.8) is 0 Å². The van der Waals surface area contributed by atoms with Crippen LogP contribution in [0.4, 0.5) is 16.0 Å². The Kier molecular flexibility index (Phi) is 5.78. The van der Waals surface area contributed by atoms with E-state index in [0.717, 1.165) is 54.6 Å². The van der Waals surface area contributed by atoms with Crippen LogP contribution in [0.15, 0.2) is 48.9 Å². The van der Waals surface area contributed by atoms with E-state index in [4.69, 9.17) is 14.5 Å². The standard InChI is InChI=1S/C24H25FN6O2/c1-16-12-23(30-8-10-33-11-9-30)27-13-18(16)17-6-7-22(31-15-28-29-24(17)31)26-14-19-20(25)4-3-5-21(19)32-2/h3-7,12-13,15,26H,8-11,14H2,1-2H3. The average molecular weight is 449 g/mol. The number of hydrogen-bond acceptors (Lipinski definition) is 7. The van der Waals surface area contributed by atoms with Crippen molar-refractivity contribution in [1.82, 2.24) is 19.6 Å². The van der Waals surface area contributed by atoms with E-state index < -0.39 is 0 Å². The molecule has 8 nitrogen and oxygen atoms in total. The van der Waals surface area contributed by atoms with Gasteiger partial charge in [-0.05, 0) is 42.8 Å². The van der Waals surface area contributed by atoms with Gasteiger partial charge < -0.3 is 19.7 Å². The molecule has 0 saturated carbocycles. The minimum Gasteiger partial charge on any atom is -0.496 e. The summed E-state index contributed by atoms with van der Waals surface area (Å²) in [5.74, 6) is 1.88. The van der Waals surface area contributed by atoms with Gasteiger partial charge in [-0.1, -0.05) is 6.07 Å². The van der Waals surface area contributed by atoms with Crippen LogP contribution in [0.5, 0.6) is 5.75 Å².